The standard InChI is InChI=1S/C6H13BO4.S/c1-5(2,8)6(3,4)11-7(9)10;/h8H,1-4H3;/q-2;+2. The lowest BCUT2D eigenvalue weighted by Crippen LogP contribution is -2.58. The summed E-state index contributed by atoms with van der Waals surface area (Å²) in [6.07, 6.45) is 0. The van der Waals surface area contributed by atoms with Crippen LogP contribution >= 0.6 is 0 Å². The topological polar surface area (TPSA) is 75.6 Å². The van der Waals surface area contributed by atoms with Crippen molar-refractivity contribution in [2.24, 2.45) is 0 Å². The molecular formula is C6H13BO4S. The first-order valence-corrected chi connectivity index (χ1v) is 3.38. The molecule has 0 unspecified atom stereocenters. The third kappa shape index (κ3) is 4.32. The Balaban J connectivity index is 0. The van der Waals surface area contributed by atoms with E-state index in [0.29, 0.717) is 0 Å². The summed E-state index contributed by atoms with van der Waals surface area (Å²) in [6, 6.07) is 0. The Morgan fingerprint density at radius 3 is 1.58 bits per heavy atom. The van der Waals surface area contributed by atoms with Crippen molar-refractivity contribution in [2.75, 3.05) is 0 Å². The van der Waals surface area contributed by atoms with Gasteiger partial charge < -0.3 is 19.8 Å². The highest BCUT2D eigenvalue weighted by Crippen LogP contribution is 2.24. The van der Waals surface area contributed by atoms with Crippen molar-refractivity contribution < 1.29 is 19.8 Å². The van der Waals surface area contributed by atoms with E-state index in [9.17, 15) is 15.2 Å². The van der Waals surface area contributed by atoms with Crippen LogP contribution < -0.4 is 10.0 Å². The summed E-state index contributed by atoms with van der Waals surface area (Å²) < 4.78 is 4.44. The molecular weight excluding hydrogens is 179 g/mol. The average molecular weight is 192 g/mol. The lowest BCUT2D eigenvalue weighted by atomic mass is 9.88. The van der Waals surface area contributed by atoms with E-state index in [4.69, 9.17) is 0 Å². The summed E-state index contributed by atoms with van der Waals surface area (Å²) in [5, 5.41) is 29.6. The van der Waals surface area contributed by atoms with Crippen molar-refractivity contribution in [3.63, 3.8) is 0 Å². The van der Waals surface area contributed by atoms with Gasteiger partial charge in [0.05, 0.1) is 18.5 Å². The minimum absolute atomic E-state index is 0. The Morgan fingerprint density at radius 1 is 1.17 bits per heavy atom. The second-order valence-electron chi connectivity index (χ2n) is 3.48. The molecule has 12 heavy (non-hydrogen) atoms. The molecule has 0 atom stereocenters. The van der Waals surface area contributed by atoms with Gasteiger partial charge in [-0.1, -0.05) is 0 Å². The van der Waals surface area contributed by atoms with E-state index in [1.165, 1.54) is 27.7 Å². The zero-order chi connectivity index (χ0) is 9.28. The Morgan fingerprint density at radius 2 is 1.50 bits per heavy atom. The van der Waals surface area contributed by atoms with E-state index in [-0.39, 0.29) is 13.5 Å². The molecule has 0 aliphatic carbocycles. The molecule has 4 nitrogen and oxygen atoms in total. The zero-order valence-corrected chi connectivity index (χ0v) is 8.47. The number of hydrogen-bond acceptors (Lipinski definition) is 4. The molecule has 0 saturated carbocycles. The fourth-order valence-electron chi connectivity index (χ4n) is 0.385. The Kier molecular flexibility index (Phi) is 5.51. The number of rotatable bonds is 3. The van der Waals surface area contributed by atoms with Gasteiger partial charge in [-0.05, 0) is 27.7 Å². The van der Waals surface area contributed by atoms with Gasteiger partial charge in [0.15, 0.2) is 0 Å². The lowest BCUT2D eigenvalue weighted by molar-refractivity contribution is -0.393. The van der Waals surface area contributed by atoms with E-state index >= 15 is 0 Å². The van der Waals surface area contributed by atoms with Gasteiger partial charge >= 0.3 is 13.5 Å². The second-order valence-corrected chi connectivity index (χ2v) is 3.48. The molecule has 0 spiro atoms. The maximum absolute atomic E-state index is 10.1. The molecule has 4 radical (unpaired) electrons. The molecule has 0 aromatic carbocycles. The van der Waals surface area contributed by atoms with Crippen LogP contribution in [0.1, 0.15) is 27.7 Å². The summed E-state index contributed by atoms with van der Waals surface area (Å²) in [4.78, 5) is 0. The van der Waals surface area contributed by atoms with Crippen LogP contribution in [0.3, 0.4) is 0 Å². The van der Waals surface area contributed by atoms with Gasteiger partial charge in [0, 0.05) is 0 Å². The molecule has 0 fully saturated rings. The largest absolute Gasteiger partial charge is 2.00 e. The quantitative estimate of drug-likeness (QED) is 0.538. The number of hydrogen-bond donors (Lipinski definition) is 1. The van der Waals surface area contributed by atoms with Crippen LogP contribution in [0.25, 0.3) is 0 Å². The number of aliphatic hydroxyl groups is 1. The fourth-order valence-corrected chi connectivity index (χ4v) is 0.385. The first-order chi connectivity index (χ1) is 4.67. The van der Waals surface area contributed by atoms with Crippen molar-refractivity contribution in [1.29, 1.82) is 0 Å². The van der Waals surface area contributed by atoms with Crippen molar-refractivity contribution in [2.45, 2.75) is 38.9 Å². The van der Waals surface area contributed by atoms with Crippen molar-refractivity contribution in [1.82, 2.24) is 0 Å². The molecule has 0 saturated heterocycles. The highest BCUT2D eigenvalue weighted by molar-refractivity contribution is 7.37. The Labute approximate surface area is 80.2 Å². The van der Waals surface area contributed by atoms with Gasteiger partial charge in [0.1, 0.15) is 0 Å². The molecule has 0 rings (SSSR count). The van der Waals surface area contributed by atoms with E-state index in [2.05, 4.69) is 4.65 Å². The predicted octanol–water partition coefficient (Wildman–Crippen LogP) is -1.74. The minimum Gasteiger partial charge on any atom is -0.871 e. The first kappa shape index (κ1) is 14.8. The molecule has 6 heteroatoms. The third-order valence-corrected chi connectivity index (χ3v) is 1.86. The molecule has 70 valence electrons. The Hall–Kier alpha value is 0.255. The van der Waals surface area contributed by atoms with E-state index in [1.54, 1.807) is 0 Å². The fraction of sp³-hybridized carbons (Fsp3) is 1.00. The molecule has 1 N–H and O–H groups in total. The van der Waals surface area contributed by atoms with Gasteiger partial charge in [0.2, 0.25) is 0 Å². The zero-order valence-electron chi connectivity index (χ0n) is 7.66. The summed E-state index contributed by atoms with van der Waals surface area (Å²) >= 11 is 0. The van der Waals surface area contributed by atoms with Crippen LogP contribution in [-0.2, 0) is 18.2 Å². The molecule has 0 aromatic heterocycles. The summed E-state index contributed by atoms with van der Waals surface area (Å²) in [5.41, 5.74) is -2.30. The normalized spacial score (nSPS) is 12.2. The SMILES string of the molecule is CC(C)(O)C(C)(C)OB([O-])[O-].[S+2]. The van der Waals surface area contributed by atoms with Crippen LogP contribution in [0.4, 0.5) is 0 Å². The van der Waals surface area contributed by atoms with Gasteiger partial charge in [0.25, 0.3) is 0 Å². The van der Waals surface area contributed by atoms with Crippen LogP contribution in [-0.4, -0.2) is 23.6 Å². The summed E-state index contributed by atoms with van der Waals surface area (Å²) in [5.74, 6) is 0. The minimum atomic E-state index is -2.35. The van der Waals surface area contributed by atoms with Crippen LogP contribution in [0, 0.1) is 0 Å². The van der Waals surface area contributed by atoms with Gasteiger partial charge in [-0.25, -0.2) is 0 Å². The lowest BCUT2D eigenvalue weighted by Gasteiger charge is -2.44. The van der Waals surface area contributed by atoms with Crippen LogP contribution in [0.5, 0.6) is 0 Å². The third-order valence-electron chi connectivity index (χ3n) is 1.86. The van der Waals surface area contributed by atoms with Crippen molar-refractivity contribution >= 4 is 20.8 Å². The molecule has 0 aliphatic heterocycles. The highest BCUT2D eigenvalue weighted by atomic mass is 32.1. The van der Waals surface area contributed by atoms with E-state index in [0.717, 1.165) is 0 Å². The average Bonchev–Trinajstić information content (AvgIpc) is 1.56. The molecule has 0 bridgehead atoms. The maximum Gasteiger partial charge on any atom is 2.00 e. The van der Waals surface area contributed by atoms with Crippen LogP contribution in [0.15, 0.2) is 0 Å². The smallest absolute Gasteiger partial charge is 0.871 e. The second kappa shape index (κ2) is 4.48. The predicted molar refractivity (Wildman–Crippen MR) is 44.6 cm³/mol. The van der Waals surface area contributed by atoms with Crippen molar-refractivity contribution in [3.05, 3.63) is 0 Å². The van der Waals surface area contributed by atoms with E-state index in [1.807, 2.05) is 0 Å². The highest BCUT2D eigenvalue weighted by Gasteiger charge is 2.34. The molecule has 0 aromatic rings. The molecule has 0 amide bonds. The summed E-state index contributed by atoms with van der Waals surface area (Å²) in [7, 11) is -2.35. The van der Waals surface area contributed by atoms with Crippen LogP contribution in [0.2, 0.25) is 0 Å². The maximum atomic E-state index is 10.1. The van der Waals surface area contributed by atoms with Gasteiger partial charge in [-0.15, -0.1) is 0 Å². The first-order valence-electron chi connectivity index (χ1n) is 3.38. The van der Waals surface area contributed by atoms with Gasteiger partial charge in [-0.2, -0.15) is 0 Å². The van der Waals surface area contributed by atoms with E-state index < -0.39 is 18.5 Å². The molecule has 0 aliphatic rings. The summed E-state index contributed by atoms with van der Waals surface area (Å²) in [6.45, 7) is 5.95. The molecule has 0 heterocycles. The Bertz CT molecular complexity index is 132. The monoisotopic (exact) mass is 192 g/mol. The van der Waals surface area contributed by atoms with Crippen molar-refractivity contribution in [3.8, 4) is 0 Å². The van der Waals surface area contributed by atoms with Gasteiger partial charge in [-0.3, -0.25) is 0 Å².